The Labute approximate surface area is 247 Å². The van der Waals surface area contributed by atoms with E-state index in [1.165, 1.54) is 21.5 Å². The zero-order valence-corrected chi connectivity index (χ0v) is 23.1. The maximum Gasteiger partial charge on any atom is 0.164 e. The van der Waals surface area contributed by atoms with Crippen LogP contribution in [-0.2, 0) is 0 Å². The van der Waals surface area contributed by atoms with Gasteiger partial charge in [-0.05, 0) is 62.7 Å². The molecule has 5 nitrogen and oxygen atoms in total. The summed E-state index contributed by atoms with van der Waals surface area (Å²) < 4.78 is 6.26. The molecule has 7 aromatic rings. The Bertz CT molecular complexity index is 2300. The number of allylic oxidation sites excluding steroid dienone is 2. The monoisotopic (exact) mass is 552 g/mol. The highest BCUT2D eigenvalue weighted by Crippen LogP contribution is 2.46. The van der Waals surface area contributed by atoms with Gasteiger partial charge in [0, 0.05) is 22.9 Å². The zero-order valence-electron chi connectivity index (χ0n) is 23.1. The van der Waals surface area contributed by atoms with Crippen LogP contribution in [0.3, 0.4) is 0 Å². The highest BCUT2D eigenvalue weighted by molar-refractivity contribution is 6.08. The van der Waals surface area contributed by atoms with Crippen molar-refractivity contribution in [2.24, 2.45) is 0 Å². The Morgan fingerprint density at radius 1 is 0.558 bits per heavy atom. The van der Waals surface area contributed by atoms with Crippen LogP contribution < -0.4 is 4.74 Å². The number of hydrogen-bond acceptors (Lipinski definition) is 5. The number of hydrogen-bond donors (Lipinski definition) is 0. The van der Waals surface area contributed by atoms with Gasteiger partial charge in [0.05, 0.1) is 11.6 Å². The summed E-state index contributed by atoms with van der Waals surface area (Å²) in [6, 6.07) is 37.9. The molecule has 0 bridgehead atoms. The molecule has 3 heterocycles. The number of benzene rings is 5. The first kappa shape index (κ1) is 24.0. The normalized spacial score (nSPS) is 17.1. The van der Waals surface area contributed by atoms with Gasteiger partial charge in [-0.15, -0.1) is 0 Å². The molecular weight excluding hydrogens is 528 g/mol. The van der Waals surface area contributed by atoms with E-state index in [-0.39, 0.29) is 12.0 Å². The molecule has 0 radical (unpaired) electrons. The second-order valence-corrected chi connectivity index (χ2v) is 11.0. The highest BCUT2D eigenvalue weighted by atomic mass is 16.5. The van der Waals surface area contributed by atoms with Crippen LogP contribution in [0.15, 0.2) is 134 Å². The molecule has 43 heavy (non-hydrogen) atoms. The van der Waals surface area contributed by atoms with E-state index in [2.05, 4.69) is 109 Å². The summed E-state index contributed by atoms with van der Waals surface area (Å²) in [6.07, 6.45) is 7.87. The van der Waals surface area contributed by atoms with Crippen molar-refractivity contribution in [2.75, 3.05) is 0 Å². The molecule has 2 unspecified atom stereocenters. The van der Waals surface area contributed by atoms with E-state index in [1.807, 2.05) is 24.4 Å². The molecule has 1 aliphatic carbocycles. The van der Waals surface area contributed by atoms with Gasteiger partial charge in [-0.3, -0.25) is 4.98 Å². The van der Waals surface area contributed by atoms with E-state index >= 15 is 0 Å². The Hall–Kier alpha value is -5.68. The molecule has 202 valence electrons. The van der Waals surface area contributed by atoms with Gasteiger partial charge >= 0.3 is 0 Å². The van der Waals surface area contributed by atoms with Gasteiger partial charge in [-0.1, -0.05) is 97.1 Å². The van der Waals surface area contributed by atoms with Crippen LogP contribution in [0, 0.1) is 0 Å². The zero-order chi connectivity index (χ0) is 28.3. The fourth-order valence-corrected chi connectivity index (χ4v) is 6.41. The molecular formula is C38H24N4O. The lowest BCUT2D eigenvalue weighted by molar-refractivity contribution is 0.271. The standard InChI is InChI=1S/C38H24N4O/c1-2-9-25-21-27(17-14-23(25)7-1)36-40-37(28-18-19-30-26(22-28)16-15-24-8-3-4-10-29(24)30)42-38(41-36)31-11-5-12-32-34(31)35-33(43-32)13-6-20-39-35/h1-22,32,34H. The van der Waals surface area contributed by atoms with Crippen LogP contribution in [0.1, 0.15) is 17.4 Å². The second-order valence-electron chi connectivity index (χ2n) is 11.0. The summed E-state index contributed by atoms with van der Waals surface area (Å²) in [4.78, 5) is 20.0. The molecule has 0 saturated heterocycles. The third-order valence-corrected chi connectivity index (χ3v) is 8.50. The van der Waals surface area contributed by atoms with Crippen molar-refractivity contribution in [1.82, 2.24) is 19.9 Å². The summed E-state index contributed by atoms with van der Waals surface area (Å²) in [5.41, 5.74) is 3.77. The molecule has 5 heteroatoms. The van der Waals surface area contributed by atoms with E-state index in [4.69, 9.17) is 24.7 Å². The highest BCUT2D eigenvalue weighted by Gasteiger charge is 2.39. The van der Waals surface area contributed by atoms with Gasteiger partial charge in [0.15, 0.2) is 17.5 Å². The minimum absolute atomic E-state index is 0.0936. The van der Waals surface area contributed by atoms with Gasteiger partial charge in [-0.2, -0.15) is 0 Å². The van der Waals surface area contributed by atoms with Crippen molar-refractivity contribution in [3.8, 4) is 28.5 Å². The van der Waals surface area contributed by atoms with E-state index in [1.54, 1.807) is 0 Å². The number of aromatic nitrogens is 4. The molecule has 2 aliphatic rings. The fraction of sp³-hybridized carbons (Fsp3) is 0.0526. The number of rotatable bonds is 3. The Morgan fingerprint density at radius 2 is 1.23 bits per heavy atom. The first-order valence-electron chi connectivity index (χ1n) is 14.5. The fourth-order valence-electron chi connectivity index (χ4n) is 6.41. The summed E-state index contributed by atoms with van der Waals surface area (Å²) in [5, 5.41) is 7.13. The third kappa shape index (κ3) is 3.93. The molecule has 0 fully saturated rings. The first-order valence-corrected chi connectivity index (χ1v) is 14.5. The lowest BCUT2D eigenvalue weighted by Gasteiger charge is -2.21. The largest absolute Gasteiger partial charge is 0.483 e. The van der Waals surface area contributed by atoms with Crippen LogP contribution in [0.25, 0.3) is 60.7 Å². The van der Waals surface area contributed by atoms with Gasteiger partial charge in [0.25, 0.3) is 0 Å². The summed E-state index contributed by atoms with van der Waals surface area (Å²) >= 11 is 0. The lowest BCUT2D eigenvalue weighted by atomic mass is 9.87. The molecule has 2 atom stereocenters. The van der Waals surface area contributed by atoms with E-state index in [0.717, 1.165) is 38.9 Å². The average Bonchev–Trinajstić information content (AvgIpc) is 3.46. The van der Waals surface area contributed by atoms with Crippen molar-refractivity contribution >= 4 is 37.9 Å². The van der Waals surface area contributed by atoms with E-state index < -0.39 is 0 Å². The number of ether oxygens (including phenoxy) is 1. The molecule has 0 saturated carbocycles. The maximum absolute atomic E-state index is 6.26. The summed E-state index contributed by atoms with van der Waals surface area (Å²) in [7, 11) is 0. The number of nitrogens with zero attached hydrogens (tertiary/aromatic N) is 4. The van der Waals surface area contributed by atoms with Crippen molar-refractivity contribution in [2.45, 2.75) is 12.0 Å². The summed E-state index contributed by atoms with van der Waals surface area (Å²) in [5.74, 6) is 2.62. The van der Waals surface area contributed by atoms with Gasteiger partial charge in [-0.25, -0.2) is 15.0 Å². The quantitative estimate of drug-likeness (QED) is 0.206. The second kappa shape index (κ2) is 9.43. The molecule has 5 aromatic carbocycles. The molecule has 9 rings (SSSR count). The third-order valence-electron chi connectivity index (χ3n) is 8.50. The Morgan fingerprint density at radius 3 is 2.12 bits per heavy atom. The van der Waals surface area contributed by atoms with Gasteiger partial charge in [0.2, 0.25) is 0 Å². The molecule has 1 aliphatic heterocycles. The minimum atomic E-state index is -0.150. The van der Waals surface area contributed by atoms with Crippen molar-refractivity contribution < 1.29 is 4.74 Å². The lowest BCUT2D eigenvalue weighted by Crippen LogP contribution is -2.21. The molecule has 2 aromatic heterocycles. The number of fused-ring (bicyclic) bond motifs is 7. The van der Waals surface area contributed by atoms with Gasteiger partial charge < -0.3 is 4.74 Å². The van der Waals surface area contributed by atoms with Crippen LogP contribution >= 0.6 is 0 Å². The number of pyridine rings is 1. The minimum Gasteiger partial charge on any atom is -0.483 e. The average molecular weight is 553 g/mol. The Kier molecular flexibility index (Phi) is 5.26. The van der Waals surface area contributed by atoms with Crippen LogP contribution in [-0.4, -0.2) is 26.0 Å². The molecule has 0 amide bonds. The first-order chi connectivity index (χ1) is 21.3. The van der Waals surface area contributed by atoms with Gasteiger partial charge in [0.1, 0.15) is 11.9 Å². The molecule has 0 spiro atoms. The SMILES string of the molecule is C1=CC2Oc3cccnc3C2C(c2nc(-c3ccc4ccccc4c3)nc(-c3ccc4c(ccc5ccccc54)c3)n2)=C1. The smallest absolute Gasteiger partial charge is 0.164 e. The predicted octanol–water partition coefficient (Wildman–Crippen LogP) is 8.56. The topological polar surface area (TPSA) is 60.8 Å². The van der Waals surface area contributed by atoms with Crippen molar-refractivity contribution in [3.63, 3.8) is 0 Å². The maximum atomic E-state index is 6.26. The predicted molar refractivity (Wildman–Crippen MR) is 172 cm³/mol. The molecule has 0 N–H and O–H groups in total. The van der Waals surface area contributed by atoms with E-state index in [0.29, 0.717) is 17.5 Å². The van der Waals surface area contributed by atoms with Crippen molar-refractivity contribution in [3.05, 3.63) is 145 Å². The Balaban J connectivity index is 1.24. The van der Waals surface area contributed by atoms with Crippen LogP contribution in [0.4, 0.5) is 0 Å². The van der Waals surface area contributed by atoms with E-state index in [9.17, 15) is 0 Å². The summed E-state index contributed by atoms with van der Waals surface area (Å²) in [6.45, 7) is 0. The van der Waals surface area contributed by atoms with Crippen LogP contribution in [0.5, 0.6) is 5.75 Å². The van der Waals surface area contributed by atoms with Crippen LogP contribution in [0.2, 0.25) is 0 Å². The van der Waals surface area contributed by atoms with Crippen molar-refractivity contribution in [1.29, 1.82) is 0 Å².